The van der Waals surface area contributed by atoms with Gasteiger partial charge in [-0.3, -0.25) is 9.52 Å². The van der Waals surface area contributed by atoms with E-state index in [9.17, 15) is 17.6 Å². The summed E-state index contributed by atoms with van der Waals surface area (Å²) in [6.07, 6.45) is 0. The zero-order chi connectivity index (χ0) is 23.8. The van der Waals surface area contributed by atoms with Crippen LogP contribution >= 0.6 is 11.3 Å². The summed E-state index contributed by atoms with van der Waals surface area (Å²) in [6, 6.07) is 14.3. The molecule has 0 saturated carbocycles. The van der Waals surface area contributed by atoms with Crippen LogP contribution in [0, 0.1) is 12.7 Å². The van der Waals surface area contributed by atoms with Gasteiger partial charge in [0.2, 0.25) is 0 Å². The van der Waals surface area contributed by atoms with Crippen molar-refractivity contribution in [2.24, 2.45) is 12.0 Å². The molecule has 0 aliphatic rings. The van der Waals surface area contributed by atoms with E-state index in [2.05, 4.69) is 9.71 Å². The normalized spacial score (nSPS) is 12.2. The molecule has 0 atom stereocenters. The maximum atomic E-state index is 13.1. The minimum absolute atomic E-state index is 0.0908. The van der Waals surface area contributed by atoms with Crippen LogP contribution in [0.1, 0.15) is 15.9 Å². The van der Waals surface area contributed by atoms with Gasteiger partial charge in [0, 0.05) is 18.3 Å². The van der Waals surface area contributed by atoms with E-state index in [0.29, 0.717) is 10.6 Å². The number of nitrogens with one attached hydrogen (secondary N) is 1. The molecule has 10 heteroatoms. The lowest BCUT2D eigenvalue weighted by atomic mass is 10.2. The summed E-state index contributed by atoms with van der Waals surface area (Å²) in [5.41, 5.74) is 2.29. The first-order valence-electron chi connectivity index (χ1n) is 9.80. The predicted octanol–water partition coefficient (Wildman–Crippen LogP) is 4.24. The Bertz CT molecular complexity index is 1540. The van der Waals surface area contributed by atoms with Gasteiger partial charge in [-0.15, -0.1) is 0 Å². The summed E-state index contributed by atoms with van der Waals surface area (Å²) in [7, 11) is -0.551. The fourth-order valence-electron chi connectivity index (χ4n) is 3.31. The smallest absolute Gasteiger partial charge is 0.279 e. The van der Waals surface area contributed by atoms with Gasteiger partial charge in [0.1, 0.15) is 17.1 Å². The topological polar surface area (TPSA) is 89.8 Å². The zero-order valence-corrected chi connectivity index (χ0v) is 19.6. The van der Waals surface area contributed by atoms with Crippen molar-refractivity contribution < 1.29 is 22.3 Å². The number of thiazole rings is 1. The maximum Gasteiger partial charge on any atom is 0.279 e. The molecular formula is C23H20FN3O4S2. The van der Waals surface area contributed by atoms with Crippen LogP contribution in [0.3, 0.4) is 0 Å². The molecule has 33 heavy (non-hydrogen) atoms. The number of nitrogens with zero attached hydrogens (tertiary/aromatic N) is 2. The number of carbonyl (C=O) groups excluding carboxylic acids is 1. The lowest BCUT2D eigenvalue weighted by Crippen LogP contribution is -2.15. The third-order valence-electron chi connectivity index (χ3n) is 5.01. The third-order valence-corrected chi connectivity index (χ3v) is 7.67. The molecule has 7 nitrogen and oxygen atoms in total. The highest BCUT2D eigenvalue weighted by Gasteiger charge is 2.16. The monoisotopic (exact) mass is 485 g/mol. The van der Waals surface area contributed by atoms with Crippen molar-refractivity contribution in [2.45, 2.75) is 11.8 Å². The molecule has 1 N–H and O–H groups in total. The molecule has 4 aromatic rings. The summed E-state index contributed by atoms with van der Waals surface area (Å²) in [5, 5.41) is 0. The quantitative estimate of drug-likeness (QED) is 0.458. The Morgan fingerprint density at radius 2 is 1.85 bits per heavy atom. The first-order chi connectivity index (χ1) is 15.7. The van der Waals surface area contributed by atoms with E-state index >= 15 is 0 Å². The predicted molar refractivity (Wildman–Crippen MR) is 126 cm³/mol. The number of anilines is 1. The second-order valence-corrected chi connectivity index (χ2v) is 9.92. The van der Waals surface area contributed by atoms with E-state index in [-0.39, 0.29) is 16.1 Å². The molecular weight excluding hydrogens is 465 g/mol. The molecule has 0 unspecified atom stereocenters. The Balaban J connectivity index is 1.68. The number of halogens is 1. The van der Waals surface area contributed by atoms with Gasteiger partial charge >= 0.3 is 0 Å². The van der Waals surface area contributed by atoms with Crippen molar-refractivity contribution >= 4 is 43.2 Å². The number of benzene rings is 3. The fraction of sp³-hybridized carbons (Fsp3) is 0.130. The number of methoxy groups -OCH3 is 1. The molecule has 0 radical (unpaired) electrons. The van der Waals surface area contributed by atoms with Crippen LogP contribution < -0.4 is 14.3 Å². The van der Waals surface area contributed by atoms with Gasteiger partial charge in [-0.1, -0.05) is 23.5 Å². The molecule has 1 aromatic heterocycles. The number of aromatic nitrogens is 1. The van der Waals surface area contributed by atoms with Crippen molar-refractivity contribution in [2.75, 3.05) is 11.8 Å². The number of fused-ring (bicyclic) bond motifs is 1. The molecule has 0 aliphatic carbocycles. The Labute approximate surface area is 193 Å². The Morgan fingerprint density at radius 1 is 1.12 bits per heavy atom. The van der Waals surface area contributed by atoms with Crippen LogP contribution in [0.25, 0.3) is 10.2 Å². The summed E-state index contributed by atoms with van der Waals surface area (Å²) in [6.45, 7) is 1.97. The van der Waals surface area contributed by atoms with Crippen molar-refractivity contribution in [3.63, 3.8) is 0 Å². The summed E-state index contributed by atoms with van der Waals surface area (Å²) >= 11 is 1.37. The largest absolute Gasteiger partial charge is 0.495 e. The van der Waals surface area contributed by atoms with Crippen LogP contribution in [0.5, 0.6) is 5.75 Å². The lowest BCUT2D eigenvalue weighted by Gasteiger charge is -2.08. The average molecular weight is 486 g/mol. The van der Waals surface area contributed by atoms with E-state index < -0.39 is 21.7 Å². The first kappa shape index (κ1) is 22.7. The number of rotatable bonds is 5. The molecule has 1 amide bonds. The number of ether oxygens (including phenoxy) is 1. The summed E-state index contributed by atoms with van der Waals surface area (Å²) in [5.74, 6) is -0.373. The van der Waals surface area contributed by atoms with E-state index in [1.807, 2.05) is 19.1 Å². The molecule has 0 fully saturated rings. The molecule has 1 heterocycles. The minimum atomic E-state index is -3.94. The SMILES string of the molecule is COc1ccc(C)c2sc(=NC(=O)c3cccc(NS(=O)(=O)c4ccc(F)cc4)c3)n(C)c12. The number of carbonyl (C=O) groups is 1. The second-order valence-electron chi connectivity index (χ2n) is 7.26. The number of aryl methyl sites for hydroxylation is 2. The minimum Gasteiger partial charge on any atom is -0.495 e. The van der Waals surface area contributed by atoms with E-state index in [1.54, 1.807) is 30.9 Å². The maximum absolute atomic E-state index is 13.1. The number of hydrogen-bond donors (Lipinski definition) is 1. The van der Waals surface area contributed by atoms with E-state index in [4.69, 9.17) is 4.74 Å². The second kappa shape index (κ2) is 8.80. The molecule has 0 aliphatic heterocycles. The van der Waals surface area contributed by atoms with Crippen LogP contribution in [-0.2, 0) is 17.1 Å². The van der Waals surface area contributed by atoms with Gasteiger partial charge < -0.3 is 9.30 Å². The van der Waals surface area contributed by atoms with Crippen molar-refractivity contribution in [1.82, 2.24) is 4.57 Å². The highest BCUT2D eigenvalue weighted by Crippen LogP contribution is 2.29. The Morgan fingerprint density at radius 3 is 2.55 bits per heavy atom. The number of hydrogen-bond acceptors (Lipinski definition) is 5. The Hall–Kier alpha value is -3.50. The van der Waals surface area contributed by atoms with Gasteiger partial charge in [0.25, 0.3) is 15.9 Å². The zero-order valence-electron chi connectivity index (χ0n) is 18.0. The summed E-state index contributed by atoms with van der Waals surface area (Å²) < 4.78 is 48.9. The molecule has 0 bridgehead atoms. The van der Waals surface area contributed by atoms with Gasteiger partial charge in [-0.05, 0) is 61.0 Å². The molecule has 0 saturated heterocycles. The number of sulfonamides is 1. The van der Waals surface area contributed by atoms with Crippen LogP contribution in [0.2, 0.25) is 0 Å². The molecule has 0 spiro atoms. The fourth-order valence-corrected chi connectivity index (χ4v) is 5.47. The van der Waals surface area contributed by atoms with Gasteiger partial charge in [0.15, 0.2) is 4.80 Å². The highest BCUT2D eigenvalue weighted by atomic mass is 32.2. The third kappa shape index (κ3) is 4.53. The average Bonchev–Trinajstić information content (AvgIpc) is 3.11. The van der Waals surface area contributed by atoms with Crippen LogP contribution in [-0.4, -0.2) is 26.0 Å². The van der Waals surface area contributed by atoms with Gasteiger partial charge in [0.05, 0.1) is 16.7 Å². The highest BCUT2D eigenvalue weighted by molar-refractivity contribution is 7.92. The lowest BCUT2D eigenvalue weighted by molar-refractivity contribution is 0.0998. The molecule has 3 aromatic carbocycles. The van der Waals surface area contributed by atoms with Crippen molar-refractivity contribution in [3.8, 4) is 5.75 Å². The Kier molecular flexibility index (Phi) is 6.05. The van der Waals surface area contributed by atoms with Crippen LogP contribution in [0.4, 0.5) is 10.1 Å². The first-order valence-corrected chi connectivity index (χ1v) is 12.1. The van der Waals surface area contributed by atoms with E-state index in [0.717, 1.165) is 27.9 Å². The van der Waals surface area contributed by atoms with Gasteiger partial charge in [-0.2, -0.15) is 4.99 Å². The van der Waals surface area contributed by atoms with E-state index in [1.165, 1.54) is 35.6 Å². The van der Waals surface area contributed by atoms with Crippen LogP contribution in [0.15, 0.2) is 70.6 Å². The number of amides is 1. The standard InChI is InChI=1S/C23H20FN3O4S2/c1-14-7-12-19(31-3)20-21(14)32-23(27(20)2)25-22(28)15-5-4-6-17(13-15)26-33(29,30)18-10-8-16(24)9-11-18/h4-13,26H,1-3H3. The van der Waals surface area contributed by atoms with Gasteiger partial charge in [-0.25, -0.2) is 12.8 Å². The molecule has 170 valence electrons. The molecule has 4 rings (SSSR count). The van der Waals surface area contributed by atoms with Crippen molar-refractivity contribution in [3.05, 3.63) is 82.4 Å². The summed E-state index contributed by atoms with van der Waals surface area (Å²) in [4.78, 5) is 17.5. The van der Waals surface area contributed by atoms with Crippen molar-refractivity contribution in [1.29, 1.82) is 0 Å².